The number of hydrogen-bond acceptors (Lipinski definition) is 4. The largest absolute Gasteiger partial charge is 0.465 e. The topological polar surface area (TPSA) is 38.3 Å². The van der Waals surface area contributed by atoms with Crippen molar-refractivity contribution in [3.05, 3.63) is 21.9 Å². The summed E-state index contributed by atoms with van der Waals surface area (Å²) >= 11 is 1.76. The van der Waals surface area contributed by atoms with Crippen LogP contribution in [-0.2, 0) is 16.1 Å². The van der Waals surface area contributed by atoms with Gasteiger partial charge in [0.1, 0.15) is 6.04 Å². The van der Waals surface area contributed by atoms with Crippen molar-refractivity contribution in [2.45, 2.75) is 46.2 Å². The molecular weight excluding hydrogens is 234 g/mol. The fourth-order valence-electron chi connectivity index (χ4n) is 1.64. The highest BCUT2D eigenvalue weighted by molar-refractivity contribution is 7.11. The second kappa shape index (κ2) is 7.45. The van der Waals surface area contributed by atoms with Crippen LogP contribution in [0, 0.1) is 6.92 Å². The molecule has 0 bridgehead atoms. The molecular formula is C13H21NO2S. The Morgan fingerprint density at radius 1 is 1.47 bits per heavy atom. The maximum absolute atomic E-state index is 11.7. The molecule has 1 N–H and O–H groups in total. The fourth-order valence-corrected chi connectivity index (χ4v) is 2.48. The zero-order valence-corrected chi connectivity index (χ0v) is 11.6. The molecule has 1 rings (SSSR count). The van der Waals surface area contributed by atoms with Crippen molar-refractivity contribution in [1.29, 1.82) is 0 Å². The Hall–Kier alpha value is -0.870. The van der Waals surface area contributed by atoms with Crippen molar-refractivity contribution in [2.24, 2.45) is 0 Å². The van der Waals surface area contributed by atoms with E-state index in [0.717, 1.165) is 19.4 Å². The molecule has 1 heterocycles. The van der Waals surface area contributed by atoms with Gasteiger partial charge in [-0.1, -0.05) is 13.3 Å². The van der Waals surface area contributed by atoms with Crippen LogP contribution in [-0.4, -0.2) is 18.6 Å². The van der Waals surface area contributed by atoms with E-state index in [1.165, 1.54) is 9.75 Å². The Morgan fingerprint density at radius 3 is 2.76 bits per heavy atom. The van der Waals surface area contributed by atoms with Crippen LogP contribution in [0.2, 0.25) is 0 Å². The third-order valence-electron chi connectivity index (χ3n) is 2.47. The molecule has 4 heteroatoms. The minimum absolute atomic E-state index is 0.136. The van der Waals surface area contributed by atoms with Gasteiger partial charge < -0.3 is 4.74 Å². The molecule has 0 radical (unpaired) electrons. The summed E-state index contributed by atoms with van der Waals surface area (Å²) in [5, 5.41) is 3.27. The lowest BCUT2D eigenvalue weighted by Crippen LogP contribution is -2.37. The zero-order valence-electron chi connectivity index (χ0n) is 10.8. The van der Waals surface area contributed by atoms with Gasteiger partial charge in [-0.3, -0.25) is 10.1 Å². The highest BCUT2D eigenvalue weighted by Crippen LogP contribution is 2.15. The summed E-state index contributed by atoms with van der Waals surface area (Å²) in [5.74, 6) is -0.136. The molecule has 0 aliphatic carbocycles. The molecule has 3 nitrogen and oxygen atoms in total. The summed E-state index contributed by atoms with van der Waals surface area (Å²) in [6.45, 7) is 7.18. The third-order valence-corrected chi connectivity index (χ3v) is 3.47. The fraction of sp³-hybridized carbons (Fsp3) is 0.615. The van der Waals surface area contributed by atoms with Crippen LogP contribution in [0.5, 0.6) is 0 Å². The standard InChI is InChI=1S/C13H21NO2S/c1-4-6-12(13(15)16-5-2)14-9-11-8-7-10(3)17-11/h7-8,12,14H,4-6,9H2,1-3H3. The molecule has 0 fully saturated rings. The smallest absolute Gasteiger partial charge is 0.323 e. The lowest BCUT2D eigenvalue weighted by molar-refractivity contribution is -0.145. The SMILES string of the molecule is CCCC(NCc1ccc(C)s1)C(=O)OCC. The summed E-state index contributed by atoms with van der Waals surface area (Å²) < 4.78 is 5.05. The van der Waals surface area contributed by atoms with Gasteiger partial charge in [-0.25, -0.2) is 0 Å². The molecule has 0 aromatic carbocycles. The molecule has 1 aromatic heterocycles. The van der Waals surface area contributed by atoms with Crippen LogP contribution in [0.15, 0.2) is 12.1 Å². The van der Waals surface area contributed by atoms with Gasteiger partial charge in [0.15, 0.2) is 0 Å². The van der Waals surface area contributed by atoms with Gasteiger partial charge in [0, 0.05) is 16.3 Å². The zero-order chi connectivity index (χ0) is 12.7. The van der Waals surface area contributed by atoms with Crippen LogP contribution in [0.4, 0.5) is 0 Å². The highest BCUT2D eigenvalue weighted by Gasteiger charge is 2.17. The van der Waals surface area contributed by atoms with E-state index in [0.29, 0.717) is 6.61 Å². The van der Waals surface area contributed by atoms with Gasteiger partial charge in [0.05, 0.1) is 6.61 Å². The molecule has 0 amide bonds. The Balaban J connectivity index is 2.46. The molecule has 0 spiro atoms. The summed E-state index contributed by atoms with van der Waals surface area (Å²) in [4.78, 5) is 14.2. The van der Waals surface area contributed by atoms with Gasteiger partial charge >= 0.3 is 5.97 Å². The Labute approximate surface area is 107 Å². The third kappa shape index (κ3) is 4.88. The average molecular weight is 255 g/mol. The predicted octanol–water partition coefficient (Wildman–Crippen LogP) is 2.88. The summed E-state index contributed by atoms with van der Waals surface area (Å²) in [7, 11) is 0. The minimum Gasteiger partial charge on any atom is -0.465 e. The number of hydrogen-bond donors (Lipinski definition) is 1. The summed E-state index contributed by atoms with van der Waals surface area (Å²) in [5.41, 5.74) is 0. The van der Waals surface area contributed by atoms with Crippen molar-refractivity contribution in [3.8, 4) is 0 Å². The number of aryl methyl sites for hydroxylation is 1. The highest BCUT2D eigenvalue weighted by atomic mass is 32.1. The Bertz CT molecular complexity index is 349. The molecule has 0 saturated carbocycles. The summed E-state index contributed by atoms with van der Waals surface area (Å²) in [6.07, 6.45) is 1.79. The maximum atomic E-state index is 11.7. The van der Waals surface area contributed by atoms with E-state index in [9.17, 15) is 4.79 Å². The van der Waals surface area contributed by atoms with Gasteiger partial charge in [0.25, 0.3) is 0 Å². The van der Waals surface area contributed by atoms with Gasteiger partial charge in [-0.15, -0.1) is 11.3 Å². The van der Waals surface area contributed by atoms with Crippen molar-refractivity contribution < 1.29 is 9.53 Å². The average Bonchev–Trinajstić information content (AvgIpc) is 2.70. The van der Waals surface area contributed by atoms with E-state index in [1.807, 2.05) is 6.92 Å². The Kier molecular flexibility index (Phi) is 6.22. The normalized spacial score (nSPS) is 12.4. The maximum Gasteiger partial charge on any atom is 0.323 e. The monoisotopic (exact) mass is 255 g/mol. The molecule has 1 unspecified atom stereocenters. The van der Waals surface area contributed by atoms with E-state index in [-0.39, 0.29) is 12.0 Å². The lowest BCUT2D eigenvalue weighted by Gasteiger charge is -2.15. The lowest BCUT2D eigenvalue weighted by atomic mass is 10.1. The van der Waals surface area contributed by atoms with Crippen LogP contribution in [0.3, 0.4) is 0 Å². The second-order valence-corrected chi connectivity index (χ2v) is 5.36. The molecule has 1 aromatic rings. The van der Waals surface area contributed by atoms with E-state index in [2.05, 4.69) is 31.3 Å². The van der Waals surface area contributed by atoms with Crippen molar-refractivity contribution in [3.63, 3.8) is 0 Å². The van der Waals surface area contributed by atoms with Crippen molar-refractivity contribution in [2.75, 3.05) is 6.61 Å². The van der Waals surface area contributed by atoms with Crippen molar-refractivity contribution >= 4 is 17.3 Å². The first-order valence-corrected chi connectivity index (χ1v) is 6.94. The summed E-state index contributed by atoms with van der Waals surface area (Å²) in [6, 6.07) is 4.02. The van der Waals surface area contributed by atoms with Gasteiger partial charge in [-0.2, -0.15) is 0 Å². The number of thiophene rings is 1. The molecule has 17 heavy (non-hydrogen) atoms. The molecule has 96 valence electrons. The van der Waals surface area contributed by atoms with Crippen LogP contribution >= 0.6 is 11.3 Å². The van der Waals surface area contributed by atoms with E-state index in [1.54, 1.807) is 11.3 Å². The number of ether oxygens (including phenoxy) is 1. The Morgan fingerprint density at radius 2 is 2.24 bits per heavy atom. The molecule has 0 aliphatic rings. The van der Waals surface area contributed by atoms with Crippen LogP contribution in [0.1, 0.15) is 36.4 Å². The van der Waals surface area contributed by atoms with E-state index < -0.39 is 0 Å². The minimum atomic E-state index is -0.178. The number of rotatable bonds is 7. The quantitative estimate of drug-likeness (QED) is 0.761. The van der Waals surface area contributed by atoms with Gasteiger partial charge in [0.2, 0.25) is 0 Å². The number of esters is 1. The van der Waals surface area contributed by atoms with E-state index in [4.69, 9.17) is 4.74 Å². The number of carbonyl (C=O) groups excluding carboxylic acids is 1. The predicted molar refractivity (Wildman–Crippen MR) is 71.2 cm³/mol. The molecule has 1 atom stereocenters. The second-order valence-electron chi connectivity index (χ2n) is 3.99. The van der Waals surface area contributed by atoms with Crippen molar-refractivity contribution in [1.82, 2.24) is 5.32 Å². The van der Waals surface area contributed by atoms with Crippen LogP contribution < -0.4 is 5.32 Å². The first-order chi connectivity index (χ1) is 8.17. The molecule has 0 saturated heterocycles. The van der Waals surface area contributed by atoms with E-state index >= 15 is 0 Å². The number of nitrogens with one attached hydrogen (secondary N) is 1. The number of carbonyl (C=O) groups is 1. The van der Waals surface area contributed by atoms with Crippen LogP contribution in [0.25, 0.3) is 0 Å². The molecule has 0 aliphatic heterocycles. The first-order valence-electron chi connectivity index (χ1n) is 6.12. The van der Waals surface area contributed by atoms with Gasteiger partial charge in [-0.05, 0) is 32.4 Å². The first kappa shape index (κ1) is 14.2.